The molecule has 0 bridgehead atoms. The number of halogens is 1. The van der Waals surface area contributed by atoms with Gasteiger partial charge in [-0.2, -0.15) is 5.10 Å². The number of nitrogens with two attached hydrogens (primary N) is 1. The highest BCUT2D eigenvalue weighted by Crippen LogP contribution is 2.30. The molecule has 1 aliphatic heterocycles. The van der Waals surface area contributed by atoms with Crippen LogP contribution in [0.1, 0.15) is 38.5 Å². The van der Waals surface area contributed by atoms with Crippen LogP contribution in [0.5, 0.6) is 0 Å². The van der Waals surface area contributed by atoms with Crippen molar-refractivity contribution in [3.8, 4) is 0 Å². The maximum absolute atomic E-state index is 12.6. The van der Waals surface area contributed by atoms with Crippen LogP contribution in [-0.4, -0.2) is 47.4 Å². The molecule has 0 unspecified atom stereocenters. The Balaban J connectivity index is 0.00000243. The van der Waals surface area contributed by atoms with Crippen LogP contribution in [-0.2, 0) is 20.9 Å². The Morgan fingerprint density at radius 1 is 1.31 bits per heavy atom. The molecule has 9 heteroatoms. The average molecular weight is 386 g/mol. The number of hydrogen-bond donors (Lipinski definition) is 3. The van der Waals surface area contributed by atoms with E-state index in [2.05, 4.69) is 15.7 Å². The van der Waals surface area contributed by atoms with Crippen molar-refractivity contribution >= 4 is 29.9 Å². The third-order valence-corrected chi connectivity index (χ3v) is 5.24. The summed E-state index contributed by atoms with van der Waals surface area (Å²) in [5, 5.41) is 10.1. The zero-order valence-electron chi connectivity index (χ0n) is 14.9. The summed E-state index contributed by atoms with van der Waals surface area (Å²) < 4.78 is 6.87. The van der Waals surface area contributed by atoms with Crippen LogP contribution in [0, 0.1) is 5.41 Å². The third-order valence-electron chi connectivity index (χ3n) is 5.24. The lowest BCUT2D eigenvalue weighted by Gasteiger charge is -2.34. The van der Waals surface area contributed by atoms with Gasteiger partial charge in [-0.1, -0.05) is 12.8 Å². The van der Waals surface area contributed by atoms with Crippen molar-refractivity contribution in [2.24, 2.45) is 11.1 Å². The second kappa shape index (κ2) is 9.34. The number of amides is 2. The van der Waals surface area contributed by atoms with Gasteiger partial charge in [-0.3, -0.25) is 14.3 Å². The number of carbonyl (C=O) groups excluding carboxylic acids is 2. The van der Waals surface area contributed by atoms with Gasteiger partial charge in [0.15, 0.2) is 0 Å². The van der Waals surface area contributed by atoms with E-state index in [-0.39, 0.29) is 30.8 Å². The first-order valence-corrected chi connectivity index (χ1v) is 9.02. The van der Waals surface area contributed by atoms with Crippen molar-refractivity contribution in [3.05, 3.63) is 12.4 Å². The summed E-state index contributed by atoms with van der Waals surface area (Å²) in [6, 6.07) is 0.292. The SMILES string of the molecule is Cl.NCC1(C(=O)Nc2cnn(CC(=O)NC3CCCC3)c2)CCOCC1. The standard InChI is InChI=1S/C17H27N5O3.ClH/c18-12-17(5-7-25-8-6-17)16(24)21-14-9-19-22(10-14)11-15(23)20-13-3-1-2-4-13;/h9-10,13H,1-8,11-12,18H2,(H,20,23)(H,21,24);1H. The molecule has 0 atom stereocenters. The molecular formula is C17H28ClN5O3. The smallest absolute Gasteiger partial charge is 0.241 e. The molecule has 146 valence electrons. The highest BCUT2D eigenvalue weighted by atomic mass is 35.5. The van der Waals surface area contributed by atoms with Crippen LogP contribution in [0.15, 0.2) is 12.4 Å². The Morgan fingerprint density at radius 2 is 2.00 bits per heavy atom. The molecule has 1 saturated heterocycles. The summed E-state index contributed by atoms with van der Waals surface area (Å²) >= 11 is 0. The number of nitrogens with zero attached hydrogens (tertiary/aromatic N) is 2. The highest BCUT2D eigenvalue weighted by Gasteiger charge is 2.38. The van der Waals surface area contributed by atoms with Gasteiger partial charge in [0.2, 0.25) is 11.8 Å². The third kappa shape index (κ3) is 4.96. The predicted molar refractivity (Wildman–Crippen MR) is 100 cm³/mol. The van der Waals surface area contributed by atoms with E-state index in [1.807, 2.05) is 0 Å². The van der Waals surface area contributed by atoms with Gasteiger partial charge in [0.25, 0.3) is 0 Å². The second-order valence-electron chi connectivity index (χ2n) is 7.03. The second-order valence-corrected chi connectivity index (χ2v) is 7.03. The number of hydrogen-bond acceptors (Lipinski definition) is 5. The molecule has 0 radical (unpaired) electrons. The molecular weight excluding hydrogens is 358 g/mol. The van der Waals surface area contributed by atoms with Gasteiger partial charge in [0, 0.05) is 32.0 Å². The van der Waals surface area contributed by atoms with E-state index < -0.39 is 5.41 Å². The number of anilines is 1. The molecule has 0 spiro atoms. The lowest BCUT2D eigenvalue weighted by Crippen LogP contribution is -2.46. The molecule has 2 fully saturated rings. The minimum absolute atomic E-state index is 0. The van der Waals surface area contributed by atoms with Crippen molar-refractivity contribution in [2.75, 3.05) is 25.1 Å². The fourth-order valence-electron chi connectivity index (χ4n) is 3.55. The average Bonchev–Trinajstić information content (AvgIpc) is 3.27. The van der Waals surface area contributed by atoms with E-state index in [0.717, 1.165) is 12.8 Å². The lowest BCUT2D eigenvalue weighted by molar-refractivity contribution is -0.130. The van der Waals surface area contributed by atoms with E-state index in [9.17, 15) is 9.59 Å². The molecule has 4 N–H and O–H groups in total. The number of rotatable bonds is 6. The first-order valence-electron chi connectivity index (χ1n) is 9.02. The van der Waals surface area contributed by atoms with Crippen LogP contribution in [0.2, 0.25) is 0 Å². The maximum Gasteiger partial charge on any atom is 0.241 e. The minimum atomic E-state index is -0.583. The van der Waals surface area contributed by atoms with Gasteiger partial charge in [-0.25, -0.2) is 0 Å². The molecule has 1 aromatic heterocycles. The van der Waals surface area contributed by atoms with E-state index >= 15 is 0 Å². The number of carbonyl (C=O) groups is 2. The number of ether oxygens (including phenoxy) is 1. The van der Waals surface area contributed by atoms with Gasteiger partial charge in [0.05, 0.1) is 17.3 Å². The molecule has 0 aromatic carbocycles. The Labute approximate surface area is 159 Å². The van der Waals surface area contributed by atoms with Crippen molar-refractivity contribution in [3.63, 3.8) is 0 Å². The first-order chi connectivity index (χ1) is 12.1. The van der Waals surface area contributed by atoms with Crippen molar-refractivity contribution in [1.29, 1.82) is 0 Å². The van der Waals surface area contributed by atoms with Gasteiger partial charge < -0.3 is 21.1 Å². The summed E-state index contributed by atoms with van der Waals surface area (Å²) in [7, 11) is 0. The normalized spacial score (nSPS) is 19.6. The zero-order chi connectivity index (χ0) is 17.7. The number of aromatic nitrogens is 2. The topological polar surface area (TPSA) is 111 Å². The first kappa shape index (κ1) is 20.7. The summed E-state index contributed by atoms with van der Waals surface area (Å²) in [6.45, 7) is 1.54. The summed E-state index contributed by atoms with van der Waals surface area (Å²) in [4.78, 5) is 24.7. The zero-order valence-corrected chi connectivity index (χ0v) is 15.7. The van der Waals surface area contributed by atoms with Crippen LogP contribution < -0.4 is 16.4 Å². The summed E-state index contributed by atoms with van der Waals surface area (Å²) in [5.41, 5.74) is 5.85. The van der Waals surface area contributed by atoms with E-state index in [1.165, 1.54) is 12.8 Å². The molecule has 3 rings (SSSR count). The molecule has 8 nitrogen and oxygen atoms in total. The van der Waals surface area contributed by atoms with Gasteiger partial charge in [0.1, 0.15) is 6.54 Å². The minimum Gasteiger partial charge on any atom is -0.381 e. The van der Waals surface area contributed by atoms with Crippen molar-refractivity contribution in [2.45, 2.75) is 51.1 Å². The lowest BCUT2D eigenvalue weighted by atomic mass is 9.79. The molecule has 1 aliphatic carbocycles. The van der Waals surface area contributed by atoms with E-state index in [1.54, 1.807) is 17.1 Å². The van der Waals surface area contributed by atoms with Crippen molar-refractivity contribution < 1.29 is 14.3 Å². The van der Waals surface area contributed by atoms with Crippen LogP contribution >= 0.6 is 12.4 Å². The van der Waals surface area contributed by atoms with Gasteiger partial charge >= 0.3 is 0 Å². The molecule has 2 amide bonds. The number of nitrogens with one attached hydrogen (secondary N) is 2. The summed E-state index contributed by atoms with van der Waals surface area (Å²) in [6.07, 6.45) is 8.93. The molecule has 26 heavy (non-hydrogen) atoms. The fraction of sp³-hybridized carbons (Fsp3) is 0.706. The van der Waals surface area contributed by atoms with Gasteiger partial charge in [-0.05, 0) is 25.7 Å². The quantitative estimate of drug-likeness (QED) is 0.677. The largest absolute Gasteiger partial charge is 0.381 e. The van der Waals surface area contributed by atoms with E-state index in [0.29, 0.717) is 44.3 Å². The molecule has 2 aliphatic rings. The highest BCUT2D eigenvalue weighted by molar-refractivity contribution is 5.95. The maximum atomic E-state index is 12.6. The van der Waals surface area contributed by atoms with Crippen LogP contribution in [0.4, 0.5) is 5.69 Å². The predicted octanol–water partition coefficient (Wildman–Crippen LogP) is 1.06. The molecule has 2 heterocycles. The monoisotopic (exact) mass is 385 g/mol. The molecule has 1 aromatic rings. The van der Waals surface area contributed by atoms with Gasteiger partial charge in [-0.15, -0.1) is 12.4 Å². The fourth-order valence-corrected chi connectivity index (χ4v) is 3.55. The Bertz CT molecular complexity index is 609. The molecule has 1 saturated carbocycles. The van der Waals surface area contributed by atoms with E-state index in [4.69, 9.17) is 10.5 Å². The Morgan fingerprint density at radius 3 is 2.65 bits per heavy atom. The van der Waals surface area contributed by atoms with Crippen molar-refractivity contribution in [1.82, 2.24) is 15.1 Å². The Hall–Kier alpha value is -1.64. The van der Waals surface area contributed by atoms with Crippen LogP contribution in [0.25, 0.3) is 0 Å². The summed E-state index contributed by atoms with van der Waals surface area (Å²) in [5.74, 6) is -0.149. The van der Waals surface area contributed by atoms with Crippen LogP contribution in [0.3, 0.4) is 0 Å². The Kier molecular flexibility index (Phi) is 7.43.